The van der Waals surface area contributed by atoms with Crippen LogP contribution in [-0.4, -0.2) is 12.2 Å². The minimum absolute atomic E-state index is 0.460. The predicted octanol–water partition coefficient (Wildman–Crippen LogP) is 4.79. The summed E-state index contributed by atoms with van der Waals surface area (Å²) in [5.41, 5.74) is 3.14. The highest BCUT2D eigenvalue weighted by Gasteiger charge is 2.09. The monoisotopic (exact) mass is 353 g/mol. The van der Waals surface area contributed by atoms with Crippen molar-refractivity contribution in [3.05, 3.63) is 63.1 Å². The smallest absolute Gasteiger partial charge is 0.0762 e. The second kappa shape index (κ2) is 6.61. The van der Waals surface area contributed by atoms with Gasteiger partial charge in [0, 0.05) is 23.1 Å². The third-order valence-corrected chi connectivity index (χ3v) is 4.04. The van der Waals surface area contributed by atoms with Gasteiger partial charge in [-0.2, -0.15) is 0 Å². The van der Waals surface area contributed by atoms with Gasteiger partial charge >= 0.3 is 0 Å². The molecule has 0 aliphatic rings. The normalized spacial score (nSPS) is 12.2. The summed E-state index contributed by atoms with van der Waals surface area (Å²) in [7, 11) is 2.03. The van der Waals surface area contributed by atoms with Crippen LogP contribution in [0.25, 0.3) is 0 Å². The number of aliphatic hydroxyl groups excluding tert-OH is 1. The van der Waals surface area contributed by atoms with Crippen molar-refractivity contribution in [1.29, 1.82) is 0 Å². The number of hydrogen-bond acceptors (Lipinski definition) is 2. The largest absolute Gasteiger partial charge is 0.389 e. The SMILES string of the molecule is CC(O)c1ccc(N(C)Cc2cccc(Cl)c2)c(Br)c1. The lowest BCUT2D eigenvalue weighted by atomic mass is 10.1. The molecule has 2 aromatic rings. The summed E-state index contributed by atoms with van der Waals surface area (Å²) in [5.74, 6) is 0. The summed E-state index contributed by atoms with van der Waals surface area (Å²) >= 11 is 9.57. The van der Waals surface area contributed by atoms with Crippen LogP contribution in [0.2, 0.25) is 5.02 Å². The summed E-state index contributed by atoms with van der Waals surface area (Å²) in [4.78, 5) is 2.14. The first-order valence-electron chi connectivity index (χ1n) is 6.40. The Bertz CT molecular complexity index is 601. The van der Waals surface area contributed by atoms with Crippen molar-refractivity contribution >= 4 is 33.2 Å². The van der Waals surface area contributed by atoms with E-state index in [1.807, 2.05) is 43.4 Å². The highest BCUT2D eigenvalue weighted by molar-refractivity contribution is 9.10. The zero-order valence-corrected chi connectivity index (χ0v) is 13.8. The van der Waals surface area contributed by atoms with Crippen molar-refractivity contribution in [2.24, 2.45) is 0 Å². The Labute approximate surface area is 133 Å². The van der Waals surface area contributed by atoms with E-state index in [2.05, 4.69) is 26.9 Å². The summed E-state index contributed by atoms with van der Waals surface area (Å²) in [6.45, 7) is 2.53. The van der Waals surface area contributed by atoms with Gasteiger partial charge in [-0.3, -0.25) is 0 Å². The highest BCUT2D eigenvalue weighted by Crippen LogP contribution is 2.29. The first kappa shape index (κ1) is 15.4. The van der Waals surface area contributed by atoms with Crippen molar-refractivity contribution in [2.75, 3.05) is 11.9 Å². The van der Waals surface area contributed by atoms with Gasteiger partial charge in [0.1, 0.15) is 0 Å². The molecule has 0 aliphatic carbocycles. The Hall–Kier alpha value is -1.03. The minimum atomic E-state index is -0.460. The molecule has 2 nitrogen and oxygen atoms in total. The van der Waals surface area contributed by atoms with Crippen LogP contribution in [0.3, 0.4) is 0 Å². The van der Waals surface area contributed by atoms with Gasteiger partial charge in [0.2, 0.25) is 0 Å². The maximum absolute atomic E-state index is 9.59. The summed E-state index contributed by atoms with van der Waals surface area (Å²) in [6, 6.07) is 13.8. The fraction of sp³-hybridized carbons (Fsp3) is 0.250. The molecule has 0 fully saturated rings. The summed E-state index contributed by atoms with van der Waals surface area (Å²) < 4.78 is 0.973. The molecule has 106 valence electrons. The van der Waals surface area contributed by atoms with Crippen molar-refractivity contribution in [3.8, 4) is 0 Å². The van der Waals surface area contributed by atoms with Crippen molar-refractivity contribution in [2.45, 2.75) is 19.6 Å². The van der Waals surface area contributed by atoms with E-state index < -0.39 is 6.10 Å². The molecule has 0 saturated carbocycles. The Morgan fingerprint density at radius 2 is 2.00 bits per heavy atom. The Morgan fingerprint density at radius 3 is 2.60 bits per heavy atom. The van der Waals surface area contributed by atoms with Crippen molar-refractivity contribution < 1.29 is 5.11 Å². The Kier molecular flexibility index (Phi) is 5.08. The van der Waals surface area contributed by atoms with Crippen LogP contribution in [-0.2, 0) is 6.54 Å². The van der Waals surface area contributed by atoms with Crippen molar-refractivity contribution in [3.63, 3.8) is 0 Å². The molecule has 0 heterocycles. The van der Waals surface area contributed by atoms with E-state index >= 15 is 0 Å². The van der Waals surface area contributed by atoms with Crippen LogP contribution in [0.1, 0.15) is 24.2 Å². The third-order valence-electron chi connectivity index (χ3n) is 3.17. The number of nitrogens with zero attached hydrogens (tertiary/aromatic N) is 1. The number of benzene rings is 2. The molecule has 0 radical (unpaired) electrons. The molecule has 20 heavy (non-hydrogen) atoms. The number of hydrogen-bond donors (Lipinski definition) is 1. The third kappa shape index (κ3) is 3.75. The van der Waals surface area contributed by atoms with Gasteiger partial charge in [-0.1, -0.05) is 29.8 Å². The molecular formula is C16H17BrClNO. The maximum atomic E-state index is 9.59. The second-order valence-corrected chi connectivity index (χ2v) is 6.16. The zero-order chi connectivity index (χ0) is 14.7. The molecule has 0 saturated heterocycles. The molecule has 1 N–H and O–H groups in total. The van der Waals surface area contributed by atoms with Gasteiger partial charge in [-0.25, -0.2) is 0 Å². The topological polar surface area (TPSA) is 23.5 Å². The molecule has 0 aromatic heterocycles. The van der Waals surface area contributed by atoms with Gasteiger partial charge in [0.05, 0.1) is 11.8 Å². The Morgan fingerprint density at radius 1 is 1.25 bits per heavy atom. The quantitative estimate of drug-likeness (QED) is 0.853. The molecular weight excluding hydrogens is 338 g/mol. The number of rotatable bonds is 4. The van der Waals surface area contributed by atoms with E-state index in [0.717, 1.165) is 32.9 Å². The highest BCUT2D eigenvalue weighted by atomic mass is 79.9. The summed E-state index contributed by atoms with van der Waals surface area (Å²) in [5, 5.41) is 10.3. The molecule has 2 aromatic carbocycles. The van der Waals surface area contributed by atoms with Crippen LogP contribution in [0, 0.1) is 0 Å². The van der Waals surface area contributed by atoms with E-state index in [0.29, 0.717) is 0 Å². The Balaban J connectivity index is 2.19. The lowest BCUT2D eigenvalue weighted by Crippen LogP contribution is -2.17. The van der Waals surface area contributed by atoms with Crippen LogP contribution in [0.15, 0.2) is 46.9 Å². The molecule has 4 heteroatoms. The summed E-state index contributed by atoms with van der Waals surface area (Å²) in [6.07, 6.45) is -0.460. The van der Waals surface area contributed by atoms with Crippen molar-refractivity contribution in [1.82, 2.24) is 0 Å². The molecule has 1 unspecified atom stereocenters. The molecule has 0 amide bonds. The van der Waals surface area contributed by atoms with E-state index in [1.165, 1.54) is 0 Å². The second-order valence-electron chi connectivity index (χ2n) is 4.87. The van der Waals surface area contributed by atoms with Crippen LogP contribution in [0.4, 0.5) is 5.69 Å². The van der Waals surface area contributed by atoms with E-state index in [9.17, 15) is 5.11 Å². The van der Waals surface area contributed by atoms with Crippen LogP contribution >= 0.6 is 27.5 Å². The van der Waals surface area contributed by atoms with Gasteiger partial charge in [-0.15, -0.1) is 0 Å². The zero-order valence-electron chi connectivity index (χ0n) is 11.5. The van der Waals surface area contributed by atoms with Gasteiger partial charge in [0.15, 0.2) is 0 Å². The maximum Gasteiger partial charge on any atom is 0.0762 e. The molecule has 0 aliphatic heterocycles. The predicted molar refractivity (Wildman–Crippen MR) is 88.3 cm³/mol. The first-order chi connectivity index (χ1) is 9.47. The first-order valence-corrected chi connectivity index (χ1v) is 7.57. The standard InChI is InChI=1S/C16H17BrClNO/c1-11(20)13-6-7-16(15(17)9-13)19(2)10-12-4-3-5-14(18)8-12/h3-9,11,20H,10H2,1-2H3. The molecule has 0 bridgehead atoms. The lowest BCUT2D eigenvalue weighted by molar-refractivity contribution is 0.199. The van der Waals surface area contributed by atoms with Gasteiger partial charge < -0.3 is 10.0 Å². The van der Waals surface area contributed by atoms with Gasteiger partial charge in [0.25, 0.3) is 0 Å². The number of aliphatic hydroxyl groups is 1. The van der Waals surface area contributed by atoms with Crippen LogP contribution < -0.4 is 4.90 Å². The molecule has 1 atom stereocenters. The molecule has 0 spiro atoms. The fourth-order valence-corrected chi connectivity index (χ4v) is 3.00. The number of halogens is 2. The lowest BCUT2D eigenvalue weighted by Gasteiger charge is -2.22. The molecule has 2 rings (SSSR count). The fourth-order valence-electron chi connectivity index (χ4n) is 2.09. The van der Waals surface area contributed by atoms with Crippen LogP contribution in [0.5, 0.6) is 0 Å². The average Bonchev–Trinajstić information content (AvgIpc) is 2.38. The van der Waals surface area contributed by atoms with Gasteiger partial charge in [-0.05, 0) is 58.2 Å². The average molecular weight is 355 g/mol. The van der Waals surface area contributed by atoms with E-state index in [4.69, 9.17) is 11.6 Å². The minimum Gasteiger partial charge on any atom is -0.389 e. The van der Waals surface area contributed by atoms with E-state index in [1.54, 1.807) is 6.92 Å². The van der Waals surface area contributed by atoms with E-state index in [-0.39, 0.29) is 0 Å². The number of anilines is 1.